The van der Waals surface area contributed by atoms with Crippen molar-refractivity contribution < 1.29 is 33.0 Å². The zero-order chi connectivity index (χ0) is 19.5. The summed E-state index contributed by atoms with van der Waals surface area (Å²) in [5.41, 5.74) is 0.970. The van der Waals surface area contributed by atoms with Crippen molar-refractivity contribution in [3.8, 4) is 5.75 Å². The molecule has 1 aromatic carbocycles. The third-order valence-corrected chi connectivity index (χ3v) is 5.29. The van der Waals surface area contributed by atoms with Gasteiger partial charge in [-0.2, -0.15) is 4.31 Å². The Hall–Kier alpha value is -2.17. The Labute approximate surface area is 151 Å². The first kappa shape index (κ1) is 20.1. The van der Waals surface area contributed by atoms with Gasteiger partial charge in [0.15, 0.2) is 0 Å². The Morgan fingerprint density at radius 3 is 2.65 bits per heavy atom. The fourth-order valence-corrected chi connectivity index (χ4v) is 3.42. The van der Waals surface area contributed by atoms with E-state index in [4.69, 9.17) is 9.84 Å². The van der Waals surface area contributed by atoms with Gasteiger partial charge in [0.2, 0.25) is 10.0 Å². The number of aliphatic carboxylic acids is 1. The van der Waals surface area contributed by atoms with Crippen molar-refractivity contribution in [1.29, 1.82) is 0 Å². The Bertz CT molecular complexity index is 794. The summed E-state index contributed by atoms with van der Waals surface area (Å²) >= 11 is 0. The fraction of sp³-hybridized carbons (Fsp3) is 0.500. The minimum absolute atomic E-state index is 0.0189. The van der Waals surface area contributed by atoms with Gasteiger partial charge in [0.05, 0.1) is 19.0 Å². The Kier molecular flexibility index (Phi) is 6.21. The largest absolute Gasteiger partial charge is 0.508 e. The van der Waals surface area contributed by atoms with Gasteiger partial charge in [-0.15, -0.1) is 0 Å². The van der Waals surface area contributed by atoms with E-state index in [2.05, 4.69) is 0 Å². The SMILES string of the molecule is Cc1ccc(C(=O)N2CCOC(CN(CC(=O)O)S(C)(=O)=O)C2)cc1O. The number of carbonyl (C=O) groups is 2. The molecule has 0 radical (unpaired) electrons. The summed E-state index contributed by atoms with van der Waals surface area (Å²) in [7, 11) is -3.72. The van der Waals surface area contributed by atoms with Gasteiger partial charge in [0, 0.05) is 25.2 Å². The number of phenols is 1. The lowest BCUT2D eigenvalue weighted by atomic mass is 10.1. The van der Waals surface area contributed by atoms with Gasteiger partial charge in [-0.3, -0.25) is 9.59 Å². The molecule has 144 valence electrons. The minimum Gasteiger partial charge on any atom is -0.508 e. The van der Waals surface area contributed by atoms with Gasteiger partial charge in [0.1, 0.15) is 12.3 Å². The van der Waals surface area contributed by atoms with Crippen LogP contribution >= 0.6 is 0 Å². The van der Waals surface area contributed by atoms with Crippen molar-refractivity contribution in [3.05, 3.63) is 29.3 Å². The lowest BCUT2D eigenvalue weighted by Gasteiger charge is -2.35. The number of nitrogens with zero attached hydrogens (tertiary/aromatic N) is 2. The molecule has 0 saturated carbocycles. The summed E-state index contributed by atoms with van der Waals surface area (Å²) in [6, 6.07) is 4.63. The second-order valence-electron chi connectivity index (χ2n) is 6.19. The number of aromatic hydroxyl groups is 1. The van der Waals surface area contributed by atoms with Crippen molar-refractivity contribution in [1.82, 2.24) is 9.21 Å². The van der Waals surface area contributed by atoms with Crippen LogP contribution in [0.4, 0.5) is 0 Å². The molecule has 0 bridgehead atoms. The molecule has 1 aromatic rings. The van der Waals surface area contributed by atoms with E-state index in [9.17, 15) is 23.1 Å². The Morgan fingerprint density at radius 1 is 1.38 bits per heavy atom. The van der Waals surface area contributed by atoms with Crippen molar-refractivity contribution in [2.24, 2.45) is 0 Å². The average Bonchev–Trinajstić information content (AvgIpc) is 2.55. The molecule has 1 heterocycles. The highest BCUT2D eigenvalue weighted by Gasteiger charge is 2.30. The van der Waals surface area contributed by atoms with E-state index in [-0.39, 0.29) is 31.4 Å². The highest BCUT2D eigenvalue weighted by molar-refractivity contribution is 7.88. The predicted octanol–water partition coefficient (Wildman–Crippen LogP) is -0.112. The highest BCUT2D eigenvalue weighted by Crippen LogP contribution is 2.20. The van der Waals surface area contributed by atoms with E-state index in [0.717, 1.165) is 10.6 Å². The number of carboxylic acids is 1. The van der Waals surface area contributed by atoms with Crippen LogP contribution in [0.15, 0.2) is 18.2 Å². The zero-order valence-electron chi connectivity index (χ0n) is 14.6. The second kappa shape index (κ2) is 8.02. The number of sulfonamides is 1. The van der Waals surface area contributed by atoms with Crippen molar-refractivity contribution >= 4 is 21.9 Å². The number of rotatable bonds is 6. The molecule has 1 unspecified atom stereocenters. The smallest absolute Gasteiger partial charge is 0.318 e. The molecule has 1 aliphatic rings. The van der Waals surface area contributed by atoms with Gasteiger partial charge in [-0.1, -0.05) is 6.07 Å². The van der Waals surface area contributed by atoms with Crippen LogP contribution < -0.4 is 0 Å². The fourth-order valence-electron chi connectivity index (χ4n) is 2.63. The molecule has 0 spiro atoms. The number of ether oxygens (including phenoxy) is 1. The number of hydrogen-bond acceptors (Lipinski definition) is 6. The lowest BCUT2D eigenvalue weighted by molar-refractivity contribution is -0.137. The standard InChI is InChI=1S/C16H22N2O7S/c1-11-3-4-12(7-14(11)19)16(22)17-5-6-25-13(8-17)9-18(10-15(20)21)26(2,23)24/h3-4,7,13,19H,5-6,8-10H2,1-2H3,(H,20,21). The molecule has 1 aliphatic heterocycles. The number of amides is 1. The van der Waals surface area contributed by atoms with E-state index in [1.54, 1.807) is 19.1 Å². The molecule has 26 heavy (non-hydrogen) atoms. The van der Waals surface area contributed by atoms with Crippen LogP contribution in [0.1, 0.15) is 15.9 Å². The van der Waals surface area contributed by atoms with Crippen LogP contribution in [0.2, 0.25) is 0 Å². The Morgan fingerprint density at radius 2 is 2.08 bits per heavy atom. The minimum atomic E-state index is -3.72. The number of morpholine rings is 1. The first-order valence-electron chi connectivity index (χ1n) is 7.95. The van der Waals surface area contributed by atoms with Crippen LogP contribution in [0.3, 0.4) is 0 Å². The molecule has 1 amide bonds. The summed E-state index contributed by atoms with van der Waals surface area (Å²) in [4.78, 5) is 25.0. The van der Waals surface area contributed by atoms with Gasteiger partial charge >= 0.3 is 5.97 Å². The topological polar surface area (TPSA) is 124 Å². The molecular weight excluding hydrogens is 364 g/mol. The van der Waals surface area contributed by atoms with Crippen LogP contribution in [0.25, 0.3) is 0 Å². The van der Waals surface area contributed by atoms with Crippen LogP contribution in [-0.2, 0) is 19.6 Å². The summed E-state index contributed by atoms with van der Waals surface area (Å²) < 4.78 is 29.8. The van der Waals surface area contributed by atoms with Crippen molar-refractivity contribution in [2.75, 3.05) is 39.0 Å². The number of hydrogen-bond donors (Lipinski definition) is 2. The maximum Gasteiger partial charge on any atom is 0.318 e. The first-order chi connectivity index (χ1) is 12.1. The van der Waals surface area contributed by atoms with E-state index < -0.39 is 28.6 Å². The highest BCUT2D eigenvalue weighted by atomic mass is 32.2. The summed E-state index contributed by atoms with van der Waals surface area (Å²) in [5.74, 6) is -1.56. The first-order valence-corrected chi connectivity index (χ1v) is 9.80. The Balaban J connectivity index is 2.09. The summed E-state index contributed by atoms with van der Waals surface area (Å²) in [6.45, 7) is 1.54. The quantitative estimate of drug-likeness (QED) is 0.699. The molecule has 0 aromatic heterocycles. The second-order valence-corrected chi connectivity index (χ2v) is 8.18. The third-order valence-electron chi connectivity index (χ3n) is 4.07. The molecule has 1 atom stereocenters. The van der Waals surface area contributed by atoms with Gasteiger partial charge in [-0.25, -0.2) is 8.42 Å². The number of phenolic OH excluding ortho intramolecular Hbond substituents is 1. The van der Waals surface area contributed by atoms with Crippen LogP contribution in [0.5, 0.6) is 5.75 Å². The van der Waals surface area contributed by atoms with Crippen molar-refractivity contribution in [3.63, 3.8) is 0 Å². The molecule has 1 fully saturated rings. The zero-order valence-corrected chi connectivity index (χ0v) is 15.4. The average molecular weight is 386 g/mol. The monoisotopic (exact) mass is 386 g/mol. The maximum atomic E-state index is 12.6. The van der Waals surface area contributed by atoms with Crippen LogP contribution in [0, 0.1) is 6.92 Å². The molecular formula is C16H22N2O7S. The third kappa shape index (κ3) is 5.16. The van der Waals surface area contributed by atoms with E-state index in [1.165, 1.54) is 11.0 Å². The lowest BCUT2D eigenvalue weighted by Crippen LogP contribution is -2.51. The van der Waals surface area contributed by atoms with E-state index in [1.807, 2.05) is 0 Å². The maximum absolute atomic E-state index is 12.6. The van der Waals surface area contributed by atoms with Gasteiger partial charge < -0.3 is 19.8 Å². The molecule has 2 rings (SSSR count). The van der Waals surface area contributed by atoms with E-state index in [0.29, 0.717) is 17.7 Å². The molecule has 10 heteroatoms. The molecule has 1 saturated heterocycles. The molecule has 0 aliphatic carbocycles. The van der Waals surface area contributed by atoms with Crippen molar-refractivity contribution in [2.45, 2.75) is 13.0 Å². The molecule has 2 N–H and O–H groups in total. The number of aryl methyl sites for hydroxylation is 1. The summed E-state index contributed by atoms with van der Waals surface area (Å²) in [5, 5.41) is 18.6. The van der Waals surface area contributed by atoms with Gasteiger partial charge in [-0.05, 0) is 24.6 Å². The van der Waals surface area contributed by atoms with E-state index >= 15 is 0 Å². The number of benzene rings is 1. The summed E-state index contributed by atoms with van der Waals surface area (Å²) in [6.07, 6.45) is 0.289. The van der Waals surface area contributed by atoms with Crippen LogP contribution in [-0.4, -0.2) is 84.9 Å². The molecule has 9 nitrogen and oxygen atoms in total. The normalized spacial score (nSPS) is 18.1. The predicted molar refractivity (Wildman–Crippen MR) is 92.5 cm³/mol. The van der Waals surface area contributed by atoms with Gasteiger partial charge in [0.25, 0.3) is 5.91 Å². The number of carboxylic acid groups (broad SMARTS) is 1. The number of carbonyl (C=O) groups excluding carboxylic acids is 1.